The van der Waals surface area contributed by atoms with E-state index in [2.05, 4.69) is 56.3 Å². The van der Waals surface area contributed by atoms with Crippen molar-refractivity contribution in [3.8, 4) is 0 Å². The van der Waals surface area contributed by atoms with E-state index >= 15 is 0 Å². The van der Waals surface area contributed by atoms with Crippen LogP contribution in [0.5, 0.6) is 0 Å². The molecule has 0 unspecified atom stereocenters. The first-order valence-electron chi connectivity index (χ1n) is 7.59. The Morgan fingerprint density at radius 3 is 2.48 bits per heavy atom. The van der Waals surface area contributed by atoms with Crippen molar-refractivity contribution in [3.05, 3.63) is 41.7 Å². The van der Waals surface area contributed by atoms with E-state index in [0.717, 1.165) is 24.1 Å². The summed E-state index contributed by atoms with van der Waals surface area (Å²) in [4.78, 5) is 2.50. The summed E-state index contributed by atoms with van der Waals surface area (Å²) in [7, 11) is 0. The molecule has 2 heterocycles. The van der Waals surface area contributed by atoms with Gasteiger partial charge in [-0.1, -0.05) is 48.5 Å². The maximum atomic E-state index is 4.43. The lowest BCUT2D eigenvalue weighted by molar-refractivity contribution is 0.213. The van der Waals surface area contributed by atoms with E-state index < -0.39 is 0 Å². The Morgan fingerprint density at radius 1 is 1.00 bits per heavy atom. The summed E-state index contributed by atoms with van der Waals surface area (Å²) in [6.07, 6.45) is 6.05. The van der Waals surface area contributed by atoms with E-state index in [-0.39, 0.29) is 0 Å². The van der Waals surface area contributed by atoms with E-state index in [4.69, 9.17) is 0 Å². The summed E-state index contributed by atoms with van der Waals surface area (Å²) in [5.41, 5.74) is 1.30. The van der Waals surface area contributed by atoms with Gasteiger partial charge in [-0.2, -0.15) is 0 Å². The van der Waals surface area contributed by atoms with Gasteiger partial charge in [0.2, 0.25) is 0 Å². The number of rotatable bonds is 5. The average molecular weight is 302 g/mol. The van der Waals surface area contributed by atoms with Gasteiger partial charge in [0.1, 0.15) is 5.82 Å². The Hall–Kier alpha value is -1.33. The third kappa shape index (κ3) is 3.66. The number of likely N-dealkylation sites (tertiary alicyclic amines) is 1. The van der Waals surface area contributed by atoms with Crippen LogP contribution in [0.2, 0.25) is 0 Å². The summed E-state index contributed by atoms with van der Waals surface area (Å²) in [6.45, 7) is 4.15. The maximum Gasteiger partial charge on any atom is 0.191 e. The number of benzene rings is 1. The Kier molecular flexibility index (Phi) is 4.93. The Morgan fingerprint density at radius 2 is 1.76 bits per heavy atom. The Bertz CT molecular complexity index is 561. The van der Waals surface area contributed by atoms with Crippen LogP contribution in [0, 0.1) is 0 Å². The van der Waals surface area contributed by atoms with Gasteiger partial charge in [-0.3, -0.25) is 4.90 Å². The molecule has 1 fully saturated rings. The van der Waals surface area contributed by atoms with Crippen LogP contribution in [0.1, 0.15) is 30.7 Å². The predicted octanol–water partition coefficient (Wildman–Crippen LogP) is 3.03. The lowest BCUT2D eigenvalue weighted by Gasteiger charge is -2.26. The highest BCUT2D eigenvalue weighted by Gasteiger charge is 2.17. The molecule has 2 aromatic rings. The molecule has 4 nitrogen and oxygen atoms in total. The quantitative estimate of drug-likeness (QED) is 0.795. The fourth-order valence-electron chi connectivity index (χ4n) is 2.83. The molecule has 0 atom stereocenters. The zero-order valence-electron chi connectivity index (χ0n) is 12.5. The second-order valence-electron chi connectivity index (χ2n) is 5.51. The van der Waals surface area contributed by atoms with Gasteiger partial charge < -0.3 is 4.57 Å². The SMILES string of the molecule is CSc1nnc(CN2CCCCC2)n1Cc1ccccc1. The van der Waals surface area contributed by atoms with Crippen LogP contribution >= 0.6 is 11.8 Å². The molecular weight excluding hydrogens is 280 g/mol. The highest BCUT2D eigenvalue weighted by atomic mass is 32.2. The zero-order chi connectivity index (χ0) is 14.5. The molecule has 0 amide bonds. The molecule has 1 aromatic heterocycles. The molecule has 3 rings (SSSR count). The molecule has 0 saturated carbocycles. The highest BCUT2D eigenvalue weighted by molar-refractivity contribution is 7.98. The largest absolute Gasteiger partial charge is 0.300 e. The molecule has 112 valence electrons. The van der Waals surface area contributed by atoms with Crippen molar-refractivity contribution in [2.75, 3.05) is 19.3 Å². The third-order valence-corrected chi connectivity index (χ3v) is 4.64. The minimum atomic E-state index is 0.854. The summed E-state index contributed by atoms with van der Waals surface area (Å²) in [6, 6.07) is 10.6. The molecule has 0 radical (unpaired) electrons. The molecule has 0 bridgehead atoms. The average Bonchev–Trinajstić information content (AvgIpc) is 2.91. The first kappa shape index (κ1) is 14.6. The van der Waals surface area contributed by atoms with Gasteiger partial charge in [0.25, 0.3) is 0 Å². The topological polar surface area (TPSA) is 34.0 Å². The van der Waals surface area contributed by atoms with Crippen molar-refractivity contribution in [2.24, 2.45) is 0 Å². The van der Waals surface area contributed by atoms with E-state index in [0.29, 0.717) is 0 Å². The predicted molar refractivity (Wildman–Crippen MR) is 86.5 cm³/mol. The summed E-state index contributed by atoms with van der Waals surface area (Å²) >= 11 is 1.67. The van der Waals surface area contributed by atoms with Gasteiger partial charge in [-0.15, -0.1) is 10.2 Å². The second-order valence-corrected chi connectivity index (χ2v) is 6.28. The lowest BCUT2D eigenvalue weighted by atomic mass is 10.1. The van der Waals surface area contributed by atoms with Crippen molar-refractivity contribution < 1.29 is 0 Å². The van der Waals surface area contributed by atoms with E-state index in [9.17, 15) is 0 Å². The molecule has 0 N–H and O–H groups in total. The van der Waals surface area contributed by atoms with E-state index in [1.54, 1.807) is 11.8 Å². The zero-order valence-corrected chi connectivity index (χ0v) is 13.4. The van der Waals surface area contributed by atoms with Crippen molar-refractivity contribution >= 4 is 11.8 Å². The van der Waals surface area contributed by atoms with Gasteiger partial charge in [-0.25, -0.2) is 0 Å². The molecule has 1 aliphatic heterocycles. The number of nitrogens with zero attached hydrogens (tertiary/aromatic N) is 4. The van der Waals surface area contributed by atoms with Crippen molar-refractivity contribution in [3.63, 3.8) is 0 Å². The minimum absolute atomic E-state index is 0.854. The molecule has 1 saturated heterocycles. The number of piperidine rings is 1. The summed E-state index contributed by atoms with van der Waals surface area (Å²) < 4.78 is 2.26. The van der Waals surface area contributed by atoms with Crippen LogP contribution in [0.4, 0.5) is 0 Å². The third-order valence-electron chi connectivity index (χ3n) is 3.97. The van der Waals surface area contributed by atoms with Crippen LogP contribution in [0.25, 0.3) is 0 Å². The second kappa shape index (κ2) is 7.09. The first-order valence-corrected chi connectivity index (χ1v) is 8.81. The number of hydrogen-bond donors (Lipinski definition) is 0. The highest BCUT2D eigenvalue weighted by Crippen LogP contribution is 2.18. The van der Waals surface area contributed by atoms with Crippen molar-refractivity contribution in [1.29, 1.82) is 0 Å². The number of hydrogen-bond acceptors (Lipinski definition) is 4. The van der Waals surface area contributed by atoms with Crippen LogP contribution < -0.4 is 0 Å². The fraction of sp³-hybridized carbons (Fsp3) is 0.500. The number of thioether (sulfide) groups is 1. The van der Waals surface area contributed by atoms with Crippen LogP contribution in [-0.2, 0) is 13.1 Å². The van der Waals surface area contributed by atoms with Crippen LogP contribution in [0.15, 0.2) is 35.5 Å². The molecule has 21 heavy (non-hydrogen) atoms. The van der Waals surface area contributed by atoms with Gasteiger partial charge >= 0.3 is 0 Å². The Balaban J connectivity index is 1.78. The van der Waals surface area contributed by atoms with Gasteiger partial charge in [0.05, 0.1) is 13.1 Å². The Labute approximate surface area is 130 Å². The standard InChI is InChI=1S/C16H22N4S/c1-21-16-18-17-15(13-19-10-6-3-7-11-19)20(16)12-14-8-4-2-5-9-14/h2,4-5,8-9H,3,6-7,10-13H2,1H3. The number of aromatic nitrogens is 3. The smallest absolute Gasteiger partial charge is 0.191 e. The van der Waals surface area contributed by atoms with Crippen LogP contribution in [0.3, 0.4) is 0 Å². The molecule has 5 heteroatoms. The normalized spacial score (nSPS) is 16.2. The lowest BCUT2D eigenvalue weighted by Crippen LogP contribution is -2.30. The summed E-state index contributed by atoms with van der Waals surface area (Å²) in [5.74, 6) is 1.09. The van der Waals surface area contributed by atoms with Crippen molar-refractivity contribution in [2.45, 2.75) is 37.5 Å². The molecular formula is C16H22N4S. The van der Waals surface area contributed by atoms with Gasteiger partial charge in [0, 0.05) is 0 Å². The fourth-order valence-corrected chi connectivity index (χ4v) is 3.34. The molecule has 1 aliphatic rings. The monoisotopic (exact) mass is 302 g/mol. The van der Waals surface area contributed by atoms with E-state index in [1.807, 2.05) is 0 Å². The molecule has 0 spiro atoms. The minimum Gasteiger partial charge on any atom is -0.300 e. The molecule has 0 aliphatic carbocycles. The van der Waals surface area contributed by atoms with Gasteiger partial charge in [-0.05, 0) is 37.8 Å². The maximum absolute atomic E-state index is 4.43. The first-order chi connectivity index (χ1) is 10.4. The molecule has 1 aromatic carbocycles. The van der Waals surface area contributed by atoms with Gasteiger partial charge in [0.15, 0.2) is 5.16 Å². The summed E-state index contributed by atoms with van der Waals surface area (Å²) in [5, 5.41) is 9.78. The van der Waals surface area contributed by atoms with E-state index in [1.165, 1.54) is 37.9 Å². The van der Waals surface area contributed by atoms with Crippen molar-refractivity contribution in [1.82, 2.24) is 19.7 Å². The van der Waals surface area contributed by atoms with Crippen LogP contribution in [-0.4, -0.2) is 39.0 Å².